The van der Waals surface area contributed by atoms with Crippen molar-refractivity contribution in [3.8, 4) is 0 Å². The first kappa shape index (κ1) is 14.2. The normalized spacial score (nSPS) is 10.4. The lowest BCUT2D eigenvalue weighted by Crippen LogP contribution is -2.18. The number of hydrogen-bond donors (Lipinski definition) is 3. The topological polar surface area (TPSA) is 88.8 Å². The van der Waals surface area contributed by atoms with Crippen molar-refractivity contribution in [2.45, 2.75) is 6.54 Å². The first-order chi connectivity index (χ1) is 10.7. The summed E-state index contributed by atoms with van der Waals surface area (Å²) in [6, 6.07) is 11.5. The van der Waals surface area contributed by atoms with Gasteiger partial charge < -0.3 is 16.4 Å². The van der Waals surface area contributed by atoms with Crippen molar-refractivity contribution in [3.05, 3.63) is 54.6 Å². The van der Waals surface area contributed by atoms with E-state index in [1.165, 1.54) is 6.33 Å². The number of hydrogen-bond acceptors (Lipinski definition) is 5. The van der Waals surface area contributed by atoms with Gasteiger partial charge in [0.05, 0.1) is 17.8 Å². The molecular weight excluding hydrogens is 296 g/mol. The molecule has 3 rings (SSSR count). The summed E-state index contributed by atoms with van der Waals surface area (Å²) in [6.07, 6.45) is 3.29. The van der Waals surface area contributed by atoms with Crippen LogP contribution in [0, 0.1) is 0 Å². The van der Waals surface area contributed by atoms with Crippen molar-refractivity contribution in [1.29, 1.82) is 0 Å². The number of benzene rings is 1. The Labute approximate surface area is 132 Å². The molecule has 6 nitrogen and oxygen atoms in total. The quantitative estimate of drug-likeness (QED) is 0.637. The van der Waals surface area contributed by atoms with Gasteiger partial charge in [0.15, 0.2) is 5.11 Å². The van der Waals surface area contributed by atoms with E-state index in [1.54, 1.807) is 6.20 Å². The maximum Gasteiger partial charge on any atom is 0.168 e. The van der Waals surface area contributed by atoms with Gasteiger partial charge in [0.1, 0.15) is 12.1 Å². The van der Waals surface area contributed by atoms with Crippen LogP contribution < -0.4 is 16.4 Å². The summed E-state index contributed by atoms with van der Waals surface area (Å²) in [6.45, 7) is 0.597. The summed E-state index contributed by atoms with van der Waals surface area (Å²) < 4.78 is 0. The third-order valence-corrected chi connectivity index (χ3v) is 3.17. The van der Waals surface area contributed by atoms with Gasteiger partial charge in [-0.2, -0.15) is 0 Å². The number of nitrogens with two attached hydrogens (primary N) is 1. The molecule has 0 unspecified atom stereocenters. The van der Waals surface area contributed by atoms with Crippen LogP contribution in [0.5, 0.6) is 0 Å². The monoisotopic (exact) mass is 310 g/mol. The van der Waals surface area contributed by atoms with E-state index < -0.39 is 0 Å². The van der Waals surface area contributed by atoms with Gasteiger partial charge in [0.25, 0.3) is 0 Å². The molecule has 0 bridgehead atoms. The molecule has 7 heteroatoms. The Hall–Kier alpha value is -2.80. The third-order valence-electron chi connectivity index (χ3n) is 3.07. The smallest absolute Gasteiger partial charge is 0.168 e. The van der Waals surface area contributed by atoms with E-state index in [4.69, 9.17) is 18.0 Å². The minimum Gasteiger partial charge on any atom is -0.376 e. The lowest BCUT2D eigenvalue weighted by Gasteiger charge is -2.09. The number of nitrogens with zero attached hydrogens (tertiary/aromatic N) is 3. The molecule has 0 saturated heterocycles. The third kappa shape index (κ3) is 3.26. The van der Waals surface area contributed by atoms with Crippen molar-refractivity contribution >= 4 is 39.7 Å². The van der Waals surface area contributed by atoms with Gasteiger partial charge in [0.2, 0.25) is 0 Å². The van der Waals surface area contributed by atoms with E-state index in [9.17, 15) is 0 Å². The molecule has 0 aliphatic carbocycles. The molecule has 0 aliphatic heterocycles. The largest absolute Gasteiger partial charge is 0.376 e. The summed E-state index contributed by atoms with van der Waals surface area (Å²) >= 11 is 4.84. The van der Waals surface area contributed by atoms with E-state index in [-0.39, 0.29) is 5.11 Å². The fourth-order valence-corrected chi connectivity index (χ4v) is 2.21. The highest BCUT2D eigenvalue weighted by molar-refractivity contribution is 7.80. The van der Waals surface area contributed by atoms with E-state index in [1.807, 2.05) is 36.4 Å². The lowest BCUT2D eigenvalue weighted by atomic mass is 10.2. The van der Waals surface area contributed by atoms with Crippen LogP contribution in [0.2, 0.25) is 0 Å². The second kappa shape index (κ2) is 6.31. The van der Waals surface area contributed by atoms with Crippen LogP contribution in [0.3, 0.4) is 0 Å². The molecule has 0 saturated carbocycles. The molecule has 0 radical (unpaired) electrons. The summed E-state index contributed by atoms with van der Waals surface area (Å²) in [5.74, 6) is 0.762. The van der Waals surface area contributed by atoms with Crippen molar-refractivity contribution in [2.75, 3.05) is 10.6 Å². The van der Waals surface area contributed by atoms with Gasteiger partial charge in [-0.1, -0.05) is 6.07 Å². The second-order valence-electron chi connectivity index (χ2n) is 4.62. The lowest BCUT2D eigenvalue weighted by molar-refractivity contribution is 1.03. The van der Waals surface area contributed by atoms with E-state index >= 15 is 0 Å². The van der Waals surface area contributed by atoms with Gasteiger partial charge >= 0.3 is 0 Å². The van der Waals surface area contributed by atoms with Crippen molar-refractivity contribution in [1.82, 2.24) is 15.0 Å². The zero-order chi connectivity index (χ0) is 15.4. The predicted molar refractivity (Wildman–Crippen MR) is 91.5 cm³/mol. The van der Waals surface area contributed by atoms with E-state index in [0.717, 1.165) is 28.1 Å². The number of thiocarbonyl (C=S) groups is 1. The molecule has 0 fully saturated rings. The molecule has 4 N–H and O–H groups in total. The Morgan fingerprint density at radius 2 is 2.05 bits per heavy atom. The summed E-state index contributed by atoms with van der Waals surface area (Å²) in [5.41, 5.74) is 8.03. The van der Waals surface area contributed by atoms with E-state index in [2.05, 4.69) is 25.6 Å². The van der Waals surface area contributed by atoms with Crippen molar-refractivity contribution < 1.29 is 0 Å². The highest BCUT2D eigenvalue weighted by atomic mass is 32.1. The molecule has 0 spiro atoms. The molecule has 110 valence electrons. The first-order valence-corrected chi connectivity index (χ1v) is 7.08. The molecule has 0 atom stereocenters. The molecule has 0 amide bonds. The second-order valence-corrected chi connectivity index (χ2v) is 5.06. The number of anilines is 2. The zero-order valence-corrected chi connectivity index (χ0v) is 12.5. The van der Waals surface area contributed by atoms with Gasteiger partial charge in [-0.05, 0) is 42.5 Å². The summed E-state index contributed by atoms with van der Waals surface area (Å²) in [7, 11) is 0. The number of pyridine rings is 1. The Bertz CT molecular complexity index is 805. The fourth-order valence-electron chi connectivity index (χ4n) is 2.09. The molecular formula is C15H14N6S. The first-order valence-electron chi connectivity index (χ1n) is 6.67. The highest BCUT2D eigenvalue weighted by Crippen LogP contribution is 2.22. The summed E-state index contributed by atoms with van der Waals surface area (Å²) in [4.78, 5) is 12.8. The Kier molecular flexibility index (Phi) is 4.06. The van der Waals surface area contributed by atoms with Crippen LogP contribution in [0.25, 0.3) is 10.9 Å². The van der Waals surface area contributed by atoms with Crippen molar-refractivity contribution in [2.24, 2.45) is 5.73 Å². The standard InChI is InChI=1S/C15H14N6S/c16-15(22)21-10-4-5-12-13(7-10)19-9-20-14(12)18-8-11-3-1-2-6-17-11/h1-7,9H,8H2,(H3,16,21,22)(H,18,19,20). The van der Waals surface area contributed by atoms with E-state index in [0.29, 0.717) is 6.54 Å². The molecule has 2 aromatic heterocycles. The van der Waals surface area contributed by atoms with Gasteiger partial charge in [-0.25, -0.2) is 9.97 Å². The Morgan fingerprint density at radius 1 is 1.14 bits per heavy atom. The Morgan fingerprint density at radius 3 is 2.82 bits per heavy atom. The minimum atomic E-state index is 0.224. The maximum atomic E-state index is 5.48. The molecule has 3 aromatic rings. The van der Waals surface area contributed by atoms with Crippen LogP contribution in [0.1, 0.15) is 5.69 Å². The molecule has 1 aromatic carbocycles. The van der Waals surface area contributed by atoms with Crippen LogP contribution in [0.15, 0.2) is 48.9 Å². The SMILES string of the molecule is NC(=S)Nc1ccc2c(NCc3ccccn3)ncnc2c1. The van der Waals surface area contributed by atoms with Crippen LogP contribution in [-0.2, 0) is 6.54 Å². The van der Waals surface area contributed by atoms with Gasteiger partial charge in [0, 0.05) is 17.3 Å². The number of aromatic nitrogens is 3. The average molecular weight is 310 g/mol. The maximum absolute atomic E-state index is 5.48. The number of fused-ring (bicyclic) bond motifs is 1. The fraction of sp³-hybridized carbons (Fsp3) is 0.0667. The zero-order valence-electron chi connectivity index (χ0n) is 11.7. The van der Waals surface area contributed by atoms with Gasteiger partial charge in [-0.15, -0.1) is 0 Å². The van der Waals surface area contributed by atoms with Crippen LogP contribution >= 0.6 is 12.2 Å². The van der Waals surface area contributed by atoms with Crippen molar-refractivity contribution in [3.63, 3.8) is 0 Å². The van der Waals surface area contributed by atoms with Gasteiger partial charge in [-0.3, -0.25) is 4.98 Å². The molecule has 2 heterocycles. The number of nitrogens with one attached hydrogen (secondary N) is 2. The van der Waals surface area contributed by atoms with Crippen LogP contribution in [-0.4, -0.2) is 20.1 Å². The molecule has 0 aliphatic rings. The predicted octanol–water partition coefficient (Wildman–Crippen LogP) is 2.29. The Balaban J connectivity index is 1.85. The number of rotatable bonds is 4. The molecule has 22 heavy (non-hydrogen) atoms. The van der Waals surface area contributed by atoms with Crippen LogP contribution in [0.4, 0.5) is 11.5 Å². The highest BCUT2D eigenvalue weighted by Gasteiger charge is 2.05. The summed E-state index contributed by atoms with van der Waals surface area (Å²) in [5, 5.41) is 7.32. The average Bonchev–Trinajstić information content (AvgIpc) is 2.53. The minimum absolute atomic E-state index is 0.224.